The highest BCUT2D eigenvalue weighted by molar-refractivity contribution is 5.88. The first-order valence-corrected chi connectivity index (χ1v) is 9.16. The van der Waals surface area contributed by atoms with Gasteiger partial charge in [-0.3, -0.25) is 4.79 Å². The molecular formula is C18H20F3N7O. The lowest BCUT2D eigenvalue weighted by Crippen LogP contribution is -2.42. The summed E-state index contributed by atoms with van der Waals surface area (Å²) in [6, 6.07) is 2.75. The van der Waals surface area contributed by atoms with Crippen molar-refractivity contribution < 1.29 is 13.2 Å². The normalized spacial score (nSPS) is 17.4. The van der Waals surface area contributed by atoms with Crippen LogP contribution in [0.4, 0.5) is 24.7 Å². The molecule has 0 aromatic carbocycles. The quantitative estimate of drug-likeness (QED) is 0.678. The molecule has 29 heavy (non-hydrogen) atoms. The Hall–Kier alpha value is -3.08. The third-order valence-corrected chi connectivity index (χ3v) is 5.03. The fourth-order valence-corrected chi connectivity index (χ4v) is 3.75. The highest BCUT2D eigenvalue weighted by Crippen LogP contribution is 2.34. The van der Waals surface area contributed by atoms with Crippen LogP contribution in [0.2, 0.25) is 0 Å². The van der Waals surface area contributed by atoms with Gasteiger partial charge in [-0.05, 0) is 25.0 Å². The van der Waals surface area contributed by atoms with Gasteiger partial charge in [0.15, 0.2) is 11.6 Å². The molecule has 1 saturated heterocycles. The summed E-state index contributed by atoms with van der Waals surface area (Å²) in [4.78, 5) is 18.0. The summed E-state index contributed by atoms with van der Waals surface area (Å²) in [6.07, 6.45) is 1.46. The number of pyridine rings is 1. The second kappa shape index (κ2) is 7.39. The van der Waals surface area contributed by atoms with E-state index in [-0.39, 0.29) is 17.4 Å². The van der Waals surface area contributed by atoms with Crippen LogP contribution in [0, 0.1) is 5.82 Å². The standard InChI is InChI=1S/C18H20F3N7O/c19-12-4-10(6-27(18(12)29)8-15(20)21)13-5-14(26-3-1-2-11(22)7-26)16-17(23)24-9-25-28(13)16/h4-6,9,11,15H,1-3,7-8,22H2,(H2,23,24,25)/t11-/m1/s1. The first-order valence-electron chi connectivity index (χ1n) is 9.16. The predicted octanol–water partition coefficient (Wildman–Crippen LogP) is 1.47. The SMILES string of the molecule is Nc1ncnn2c(-c3cc(F)c(=O)n(CC(F)F)c3)cc(N3CCC[C@@H](N)C3)c12. The molecule has 3 aromatic rings. The van der Waals surface area contributed by atoms with Crippen molar-refractivity contribution in [2.45, 2.75) is 31.9 Å². The minimum atomic E-state index is -2.80. The number of hydrogen-bond donors (Lipinski definition) is 2. The number of nitrogens with zero attached hydrogens (tertiary/aromatic N) is 5. The summed E-state index contributed by atoms with van der Waals surface area (Å²) >= 11 is 0. The molecule has 4 N–H and O–H groups in total. The van der Waals surface area contributed by atoms with Crippen molar-refractivity contribution in [1.82, 2.24) is 19.2 Å². The molecular weight excluding hydrogens is 387 g/mol. The van der Waals surface area contributed by atoms with E-state index in [1.54, 1.807) is 6.07 Å². The summed E-state index contributed by atoms with van der Waals surface area (Å²) in [7, 11) is 0. The van der Waals surface area contributed by atoms with Crippen LogP contribution >= 0.6 is 0 Å². The molecule has 0 aliphatic carbocycles. The Morgan fingerprint density at radius 2 is 2.10 bits per heavy atom. The molecule has 0 bridgehead atoms. The van der Waals surface area contributed by atoms with E-state index in [2.05, 4.69) is 15.0 Å². The summed E-state index contributed by atoms with van der Waals surface area (Å²) in [5.74, 6) is -0.900. The molecule has 0 unspecified atom stereocenters. The van der Waals surface area contributed by atoms with Gasteiger partial charge in [0.05, 0.1) is 17.9 Å². The third kappa shape index (κ3) is 3.53. The average Bonchev–Trinajstić information content (AvgIpc) is 3.06. The molecule has 1 fully saturated rings. The van der Waals surface area contributed by atoms with Gasteiger partial charge in [-0.2, -0.15) is 5.10 Å². The number of rotatable bonds is 4. The first kappa shape index (κ1) is 19.2. The van der Waals surface area contributed by atoms with Crippen LogP contribution < -0.4 is 21.9 Å². The number of aromatic nitrogens is 4. The van der Waals surface area contributed by atoms with Gasteiger partial charge in [0.2, 0.25) is 0 Å². The number of fused-ring (bicyclic) bond motifs is 1. The molecule has 4 rings (SSSR count). The smallest absolute Gasteiger partial charge is 0.286 e. The van der Waals surface area contributed by atoms with Crippen LogP contribution in [0.5, 0.6) is 0 Å². The molecule has 0 amide bonds. The number of alkyl halides is 2. The first-order chi connectivity index (χ1) is 13.8. The largest absolute Gasteiger partial charge is 0.382 e. The summed E-state index contributed by atoms with van der Waals surface area (Å²) in [6.45, 7) is 0.449. The summed E-state index contributed by atoms with van der Waals surface area (Å²) in [5, 5.41) is 4.21. The molecule has 4 heterocycles. The zero-order valence-corrected chi connectivity index (χ0v) is 15.4. The minimum absolute atomic E-state index is 0.00148. The van der Waals surface area contributed by atoms with Gasteiger partial charge in [-0.25, -0.2) is 22.7 Å². The van der Waals surface area contributed by atoms with Gasteiger partial charge in [-0.1, -0.05) is 0 Å². The van der Waals surface area contributed by atoms with Gasteiger partial charge < -0.3 is 20.9 Å². The van der Waals surface area contributed by atoms with E-state index in [9.17, 15) is 18.0 Å². The number of hydrogen-bond acceptors (Lipinski definition) is 6. The van der Waals surface area contributed by atoms with Gasteiger partial charge in [0, 0.05) is 30.9 Å². The Morgan fingerprint density at radius 3 is 2.83 bits per heavy atom. The lowest BCUT2D eigenvalue weighted by molar-refractivity contribution is 0.125. The number of piperidine rings is 1. The molecule has 0 saturated carbocycles. The number of anilines is 2. The summed E-state index contributed by atoms with van der Waals surface area (Å²) < 4.78 is 42.0. The second-order valence-corrected chi connectivity index (χ2v) is 7.09. The van der Waals surface area contributed by atoms with Crippen LogP contribution in [0.15, 0.2) is 29.5 Å². The molecule has 154 valence electrons. The maximum Gasteiger partial charge on any atom is 0.286 e. The Labute approximate surface area is 163 Å². The van der Waals surface area contributed by atoms with Crippen molar-refractivity contribution in [2.24, 2.45) is 5.73 Å². The Kier molecular flexibility index (Phi) is 4.91. The van der Waals surface area contributed by atoms with Crippen molar-refractivity contribution in [2.75, 3.05) is 23.7 Å². The van der Waals surface area contributed by atoms with E-state index in [1.165, 1.54) is 17.0 Å². The number of nitrogen functional groups attached to an aromatic ring is 1. The van der Waals surface area contributed by atoms with Gasteiger partial charge in [-0.15, -0.1) is 0 Å². The van der Waals surface area contributed by atoms with E-state index >= 15 is 0 Å². The minimum Gasteiger partial charge on any atom is -0.382 e. The van der Waals surface area contributed by atoms with Crippen LogP contribution in [-0.4, -0.2) is 44.7 Å². The van der Waals surface area contributed by atoms with E-state index in [0.717, 1.165) is 31.1 Å². The molecule has 1 aliphatic heterocycles. The monoisotopic (exact) mass is 407 g/mol. The Balaban J connectivity index is 1.90. The lowest BCUT2D eigenvalue weighted by atomic mass is 10.1. The molecule has 3 aromatic heterocycles. The Bertz CT molecular complexity index is 1110. The topological polar surface area (TPSA) is 107 Å². The zero-order valence-electron chi connectivity index (χ0n) is 15.4. The maximum atomic E-state index is 14.2. The van der Waals surface area contributed by atoms with Gasteiger partial charge >= 0.3 is 0 Å². The zero-order chi connectivity index (χ0) is 20.7. The molecule has 0 radical (unpaired) electrons. The van der Waals surface area contributed by atoms with Crippen LogP contribution in [0.25, 0.3) is 16.8 Å². The number of halogens is 3. The fraction of sp³-hybridized carbons (Fsp3) is 0.389. The van der Waals surface area contributed by atoms with Crippen molar-refractivity contribution >= 4 is 17.0 Å². The molecule has 1 atom stereocenters. The maximum absolute atomic E-state index is 14.2. The van der Waals surface area contributed by atoms with Gasteiger partial charge in [0.1, 0.15) is 11.8 Å². The van der Waals surface area contributed by atoms with Crippen molar-refractivity contribution in [3.05, 3.63) is 40.8 Å². The predicted molar refractivity (Wildman–Crippen MR) is 102 cm³/mol. The molecule has 8 nitrogen and oxygen atoms in total. The van der Waals surface area contributed by atoms with E-state index < -0.39 is 24.3 Å². The average molecular weight is 407 g/mol. The van der Waals surface area contributed by atoms with Gasteiger partial charge in [0.25, 0.3) is 12.0 Å². The Morgan fingerprint density at radius 1 is 1.31 bits per heavy atom. The van der Waals surface area contributed by atoms with E-state index in [4.69, 9.17) is 11.5 Å². The van der Waals surface area contributed by atoms with E-state index in [0.29, 0.717) is 22.3 Å². The van der Waals surface area contributed by atoms with E-state index in [1.807, 2.05) is 0 Å². The molecule has 0 spiro atoms. The highest BCUT2D eigenvalue weighted by Gasteiger charge is 2.24. The molecule has 11 heteroatoms. The highest BCUT2D eigenvalue weighted by atomic mass is 19.3. The fourth-order valence-electron chi connectivity index (χ4n) is 3.75. The second-order valence-electron chi connectivity index (χ2n) is 7.09. The van der Waals surface area contributed by atoms with Crippen LogP contribution in [0.1, 0.15) is 12.8 Å². The van der Waals surface area contributed by atoms with Crippen molar-refractivity contribution in [3.8, 4) is 11.3 Å². The lowest BCUT2D eigenvalue weighted by Gasteiger charge is -2.32. The van der Waals surface area contributed by atoms with Crippen LogP contribution in [-0.2, 0) is 6.54 Å². The molecule has 1 aliphatic rings. The third-order valence-electron chi connectivity index (χ3n) is 5.03. The van der Waals surface area contributed by atoms with Crippen molar-refractivity contribution in [1.29, 1.82) is 0 Å². The van der Waals surface area contributed by atoms with Crippen LogP contribution in [0.3, 0.4) is 0 Å². The number of nitrogens with two attached hydrogens (primary N) is 2. The summed E-state index contributed by atoms with van der Waals surface area (Å²) in [5.41, 5.74) is 12.9. The van der Waals surface area contributed by atoms with Crippen molar-refractivity contribution in [3.63, 3.8) is 0 Å².